The third-order valence-electron chi connectivity index (χ3n) is 1.69. The fraction of sp³-hybridized carbons (Fsp3) is 0.300. The summed E-state index contributed by atoms with van der Waals surface area (Å²) < 4.78 is 2.19. The third kappa shape index (κ3) is 2.59. The maximum Gasteiger partial charge on any atom is 0.204 e. The molecule has 0 amide bonds. The standard InChI is InChI=1S/C10H14N.HI/c1-4-10-7-5-6-8-11(10)9(2)3;/h4-9H,1H2,2-3H3;1H/q+1;/p-1. The van der Waals surface area contributed by atoms with Gasteiger partial charge < -0.3 is 24.0 Å². The van der Waals surface area contributed by atoms with Gasteiger partial charge in [0, 0.05) is 18.2 Å². The Morgan fingerprint density at radius 1 is 1.42 bits per heavy atom. The molecule has 0 bridgehead atoms. The topological polar surface area (TPSA) is 3.88 Å². The second kappa shape index (κ2) is 5.30. The van der Waals surface area contributed by atoms with E-state index >= 15 is 0 Å². The quantitative estimate of drug-likeness (QED) is 0.491. The van der Waals surface area contributed by atoms with Crippen molar-refractivity contribution in [2.45, 2.75) is 19.9 Å². The molecule has 66 valence electrons. The van der Waals surface area contributed by atoms with Crippen LogP contribution in [0.5, 0.6) is 0 Å². The molecule has 1 aromatic heterocycles. The van der Waals surface area contributed by atoms with Crippen LogP contribution in [0.2, 0.25) is 0 Å². The molecule has 0 atom stereocenters. The van der Waals surface area contributed by atoms with Gasteiger partial charge in [0.2, 0.25) is 5.69 Å². The van der Waals surface area contributed by atoms with Crippen LogP contribution < -0.4 is 28.5 Å². The maximum absolute atomic E-state index is 3.75. The van der Waals surface area contributed by atoms with Crippen molar-refractivity contribution in [1.29, 1.82) is 0 Å². The van der Waals surface area contributed by atoms with E-state index in [0.717, 1.165) is 0 Å². The minimum absolute atomic E-state index is 0. The Hall–Kier alpha value is -0.380. The molecule has 1 heterocycles. The minimum Gasteiger partial charge on any atom is -1.00 e. The lowest BCUT2D eigenvalue weighted by molar-refractivity contribution is -0.717. The lowest BCUT2D eigenvalue weighted by Gasteiger charge is -2.01. The van der Waals surface area contributed by atoms with E-state index in [0.29, 0.717) is 6.04 Å². The van der Waals surface area contributed by atoms with Crippen molar-refractivity contribution in [2.24, 2.45) is 0 Å². The number of rotatable bonds is 2. The zero-order valence-electron chi connectivity index (χ0n) is 7.50. The lowest BCUT2D eigenvalue weighted by atomic mass is 10.3. The summed E-state index contributed by atoms with van der Waals surface area (Å²) in [6, 6.07) is 6.62. The first kappa shape index (κ1) is 11.6. The average Bonchev–Trinajstić information content (AvgIpc) is 2.04. The fourth-order valence-electron chi connectivity index (χ4n) is 1.11. The summed E-state index contributed by atoms with van der Waals surface area (Å²) in [5, 5.41) is 0. The molecule has 1 rings (SSSR count). The Labute approximate surface area is 91.1 Å². The van der Waals surface area contributed by atoms with Crippen molar-refractivity contribution < 1.29 is 28.5 Å². The van der Waals surface area contributed by atoms with Gasteiger partial charge >= 0.3 is 0 Å². The first-order chi connectivity index (χ1) is 5.25. The van der Waals surface area contributed by atoms with E-state index in [1.54, 1.807) is 0 Å². The van der Waals surface area contributed by atoms with Gasteiger partial charge in [-0.25, -0.2) is 0 Å². The Bertz CT molecular complexity index is 256. The van der Waals surface area contributed by atoms with E-state index in [2.05, 4.69) is 37.3 Å². The highest BCUT2D eigenvalue weighted by atomic mass is 127. The van der Waals surface area contributed by atoms with Crippen molar-refractivity contribution in [3.8, 4) is 0 Å². The van der Waals surface area contributed by atoms with E-state index in [9.17, 15) is 0 Å². The van der Waals surface area contributed by atoms with Crippen molar-refractivity contribution in [2.75, 3.05) is 0 Å². The lowest BCUT2D eigenvalue weighted by Crippen LogP contribution is -3.00. The van der Waals surface area contributed by atoms with Crippen molar-refractivity contribution in [3.63, 3.8) is 0 Å². The van der Waals surface area contributed by atoms with Gasteiger partial charge in [0.25, 0.3) is 0 Å². The van der Waals surface area contributed by atoms with Crippen LogP contribution in [-0.2, 0) is 0 Å². The first-order valence-electron chi connectivity index (χ1n) is 3.88. The molecule has 0 aliphatic heterocycles. The summed E-state index contributed by atoms with van der Waals surface area (Å²) in [5.74, 6) is 0. The molecule has 0 fully saturated rings. The molecule has 0 aliphatic carbocycles. The van der Waals surface area contributed by atoms with Gasteiger partial charge in [-0.3, -0.25) is 0 Å². The number of halogens is 1. The molecule has 0 aromatic carbocycles. The third-order valence-corrected chi connectivity index (χ3v) is 1.69. The second-order valence-electron chi connectivity index (χ2n) is 2.83. The Morgan fingerprint density at radius 2 is 2.08 bits per heavy atom. The summed E-state index contributed by atoms with van der Waals surface area (Å²) in [6.07, 6.45) is 3.95. The largest absolute Gasteiger partial charge is 1.00 e. The Morgan fingerprint density at radius 3 is 2.50 bits per heavy atom. The van der Waals surface area contributed by atoms with Crippen LogP contribution in [0.1, 0.15) is 25.6 Å². The van der Waals surface area contributed by atoms with Crippen molar-refractivity contribution in [1.82, 2.24) is 0 Å². The van der Waals surface area contributed by atoms with E-state index in [1.165, 1.54) is 5.69 Å². The monoisotopic (exact) mass is 275 g/mol. The van der Waals surface area contributed by atoms with Crippen LogP contribution in [0.25, 0.3) is 6.08 Å². The van der Waals surface area contributed by atoms with Crippen molar-refractivity contribution >= 4 is 6.08 Å². The van der Waals surface area contributed by atoms with Crippen LogP contribution >= 0.6 is 0 Å². The van der Waals surface area contributed by atoms with Gasteiger partial charge in [0.05, 0.1) is 0 Å². The number of nitrogens with zero attached hydrogens (tertiary/aromatic N) is 1. The summed E-state index contributed by atoms with van der Waals surface area (Å²) in [7, 11) is 0. The highest BCUT2D eigenvalue weighted by Crippen LogP contribution is 1.98. The van der Waals surface area contributed by atoms with Crippen molar-refractivity contribution in [3.05, 3.63) is 36.7 Å². The van der Waals surface area contributed by atoms with Gasteiger partial charge in [0.15, 0.2) is 12.2 Å². The predicted molar refractivity (Wildman–Crippen MR) is 47.1 cm³/mol. The number of hydrogen-bond acceptors (Lipinski definition) is 0. The van der Waals surface area contributed by atoms with Gasteiger partial charge in [-0.1, -0.05) is 6.58 Å². The van der Waals surface area contributed by atoms with E-state index in [-0.39, 0.29) is 24.0 Å². The molecule has 12 heavy (non-hydrogen) atoms. The van der Waals surface area contributed by atoms with E-state index in [1.807, 2.05) is 18.2 Å². The van der Waals surface area contributed by atoms with Gasteiger partial charge in [-0.2, -0.15) is 4.57 Å². The zero-order chi connectivity index (χ0) is 8.27. The highest BCUT2D eigenvalue weighted by Gasteiger charge is 2.08. The molecule has 0 saturated carbocycles. The molecule has 0 N–H and O–H groups in total. The van der Waals surface area contributed by atoms with Gasteiger partial charge in [0.1, 0.15) is 0 Å². The molecular weight excluding hydrogens is 261 g/mol. The Balaban J connectivity index is 0.00000121. The molecular formula is C10H14IN. The molecule has 2 heteroatoms. The van der Waals surface area contributed by atoms with Gasteiger partial charge in [-0.05, 0) is 19.9 Å². The maximum atomic E-state index is 3.75. The molecule has 1 nitrogen and oxygen atoms in total. The average molecular weight is 275 g/mol. The summed E-state index contributed by atoms with van der Waals surface area (Å²) in [6.45, 7) is 8.07. The van der Waals surface area contributed by atoms with Crippen LogP contribution in [-0.4, -0.2) is 0 Å². The van der Waals surface area contributed by atoms with Crippen LogP contribution in [0.15, 0.2) is 31.0 Å². The minimum atomic E-state index is 0. The molecule has 0 spiro atoms. The smallest absolute Gasteiger partial charge is 0.204 e. The normalized spacial score (nSPS) is 9.25. The number of pyridine rings is 1. The highest BCUT2D eigenvalue weighted by molar-refractivity contribution is 5.36. The van der Waals surface area contributed by atoms with E-state index in [4.69, 9.17) is 0 Å². The number of hydrogen-bond donors (Lipinski definition) is 0. The molecule has 0 aliphatic rings. The molecule has 1 aromatic rings. The first-order valence-corrected chi connectivity index (χ1v) is 3.88. The molecule has 0 unspecified atom stereocenters. The van der Waals surface area contributed by atoms with E-state index < -0.39 is 0 Å². The summed E-state index contributed by atoms with van der Waals surface area (Å²) in [5.41, 5.74) is 1.17. The molecule has 0 radical (unpaired) electrons. The second-order valence-corrected chi connectivity index (χ2v) is 2.83. The summed E-state index contributed by atoms with van der Waals surface area (Å²) in [4.78, 5) is 0. The molecule has 0 saturated heterocycles. The fourth-order valence-corrected chi connectivity index (χ4v) is 1.11. The van der Waals surface area contributed by atoms with Crippen LogP contribution in [0, 0.1) is 0 Å². The summed E-state index contributed by atoms with van der Waals surface area (Å²) >= 11 is 0. The SMILES string of the molecule is C=Cc1cccc[n+]1C(C)C.[I-]. The van der Waals surface area contributed by atoms with Crippen LogP contribution in [0.3, 0.4) is 0 Å². The number of aromatic nitrogens is 1. The van der Waals surface area contributed by atoms with Gasteiger partial charge in [-0.15, -0.1) is 0 Å². The van der Waals surface area contributed by atoms with Crippen LogP contribution in [0.4, 0.5) is 0 Å². The Kier molecular flexibility index (Phi) is 5.13. The predicted octanol–water partition coefficient (Wildman–Crippen LogP) is -0.798. The zero-order valence-corrected chi connectivity index (χ0v) is 9.65.